The zero-order chi connectivity index (χ0) is 18.7. The predicted octanol–water partition coefficient (Wildman–Crippen LogP) is 2.38. The molecule has 134 valence electrons. The molecule has 1 aromatic carbocycles. The number of thioether (sulfide) groups is 1. The molecule has 2 N–H and O–H groups in total. The predicted molar refractivity (Wildman–Crippen MR) is 103 cm³/mol. The number of rotatable bonds is 4. The number of carbonyl (C=O) groups is 2. The summed E-state index contributed by atoms with van der Waals surface area (Å²) in [6.07, 6.45) is 0. The molecule has 0 aliphatic carbocycles. The maximum Gasteiger partial charge on any atom is 0.321 e. The van der Waals surface area contributed by atoms with Crippen molar-refractivity contribution < 1.29 is 9.59 Å². The largest absolute Gasteiger partial charge is 0.341 e. The molecule has 1 unspecified atom stereocenters. The molecule has 2 aromatic heterocycles. The fraction of sp³-hybridized carbons (Fsp3) is 0.176. The van der Waals surface area contributed by atoms with Crippen LogP contribution in [0, 0.1) is 0 Å². The van der Waals surface area contributed by atoms with E-state index in [0.717, 1.165) is 11.8 Å². The van der Waals surface area contributed by atoms with Crippen molar-refractivity contribution in [2.75, 3.05) is 7.05 Å². The number of thiophene rings is 1. The van der Waals surface area contributed by atoms with Crippen LogP contribution in [-0.2, 0) is 4.79 Å². The Balaban J connectivity index is 2.03. The highest BCUT2D eigenvalue weighted by molar-refractivity contribution is 8.00. The van der Waals surface area contributed by atoms with E-state index in [4.69, 9.17) is 0 Å². The fourth-order valence-electron chi connectivity index (χ4n) is 2.27. The van der Waals surface area contributed by atoms with Crippen molar-refractivity contribution in [3.63, 3.8) is 0 Å². The van der Waals surface area contributed by atoms with Gasteiger partial charge in [0.2, 0.25) is 5.91 Å². The number of carbonyl (C=O) groups excluding carboxylic acids is 2. The lowest BCUT2D eigenvalue weighted by Crippen LogP contribution is -2.41. The van der Waals surface area contributed by atoms with Crippen molar-refractivity contribution in [2.45, 2.75) is 17.3 Å². The molecule has 7 nitrogen and oxygen atoms in total. The normalized spacial score (nSPS) is 11.9. The van der Waals surface area contributed by atoms with E-state index in [0.29, 0.717) is 21.1 Å². The highest BCUT2D eigenvalue weighted by Crippen LogP contribution is 2.26. The van der Waals surface area contributed by atoms with Crippen LogP contribution in [-0.4, -0.2) is 33.8 Å². The SMILES string of the molecule is CNC(=O)NC(=O)C(C)Sc1nc2sccc2c(=O)n1-c1ccccc1. The Morgan fingerprint density at radius 1 is 1.23 bits per heavy atom. The van der Waals surface area contributed by atoms with Crippen molar-refractivity contribution in [2.24, 2.45) is 0 Å². The van der Waals surface area contributed by atoms with E-state index < -0.39 is 17.2 Å². The second-order valence-electron chi connectivity index (χ2n) is 5.34. The van der Waals surface area contributed by atoms with Crippen molar-refractivity contribution in [3.05, 3.63) is 52.1 Å². The quantitative estimate of drug-likeness (QED) is 0.529. The molecular weight excluding hydrogens is 372 g/mol. The van der Waals surface area contributed by atoms with Gasteiger partial charge in [-0.15, -0.1) is 11.3 Å². The van der Waals surface area contributed by atoms with Crippen LogP contribution < -0.4 is 16.2 Å². The van der Waals surface area contributed by atoms with Crippen LogP contribution in [0.2, 0.25) is 0 Å². The summed E-state index contributed by atoms with van der Waals surface area (Å²) in [5.41, 5.74) is 0.475. The summed E-state index contributed by atoms with van der Waals surface area (Å²) >= 11 is 2.49. The van der Waals surface area contributed by atoms with Crippen LogP contribution in [0.3, 0.4) is 0 Å². The highest BCUT2D eigenvalue weighted by Gasteiger charge is 2.21. The molecular formula is C17H16N4O3S2. The molecule has 3 rings (SSSR count). The van der Waals surface area contributed by atoms with Crippen LogP contribution in [0.1, 0.15) is 6.92 Å². The molecule has 3 aromatic rings. The number of aromatic nitrogens is 2. The van der Waals surface area contributed by atoms with Gasteiger partial charge in [-0.25, -0.2) is 9.78 Å². The minimum Gasteiger partial charge on any atom is -0.341 e. The molecule has 0 radical (unpaired) electrons. The van der Waals surface area contributed by atoms with Crippen LogP contribution in [0.15, 0.2) is 51.7 Å². The van der Waals surface area contributed by atoms with Gasteiger partial charge in [0, 0.05) is 7.05 Å². The minimum absolute atomic E-state index is 0.191. The van der Waals surface area contributed by atoms with Crippen LogP contribution in [0.5, 0.6) is 0 Å². The van der Waals surface area contributed by atoms with Crippen LogP contribution in [0.25, 0.3) is 15.9 Å². The first-order valence-electron chi connectivity index (χ1n) is 7.76. The van der Waals surface area contributed by atoms with Gasteiger partial charge in [-0.1, -0.05) is 30.0 Å². The standard InChI is InChI=1S/C17H16N4O3S2/c1-10(13(22)19-16(24)18-2)26-17-20-14-12(8-9-25-14)15(23)21(17)11-6-4-3-5-7-11/h3-10H,1-2H3,(H2,18,19,22,24). The van der Waals surface area contributed by atoms with E-state index in [1.807, 2.05) is 23.6 Å². The summed E-state index contributed by atoms with van der Waals surface area (Å²) in [7, 11) is 1.43. The lowest BCUT2D eigenvalue weighted by Gasteiger charge is -2.15. The van der Waals surface area contributed by atoms with E-state index in [1.54, 1.807) is 25.1 Å². The van der Waals surface area contributed by atoms with Gasteiger partial charge in [0.25, 0.3) is 5.56 Å². The average Bonchev–Trinajstić information content (AvgIpc) is 3.11. The Labute approximate surface area is 157 Å². The lowest BCUT2D eigenvalue weighted by atomic mass is 10.3. The van der Waals surface area contributed by atoms with Gasteiger partial charge in [0.05, 0.1) is 16.3 Å². The van der Waals surface area contributed by atoms with E-state index in [2.05, 4.69) is 15.6 Å². The van der Waals surface area contributed by atoms with Crippen molar-refractivity contribution in [3.8, 4) is 5.69 Å². The average molecular weight is 388 g/mol. The molecule has 3 amide bonds. The Bertz CT molecular complexity index is 1010. The molecule has 1 atom stereocenters. The van der Waals surface area contributed by atoms with Crippen LogP contribution >= 0.6 is 23.1 Å². The number of hydrogen-bond donors (Lipinski definition) is 2. The molecule has 0 saturated heterocycles. The van der Waals surface area contributed by atoms with Gasteiger partial charge in [0.1, 0.15) is 4.83 Å². The molecule has 0 bridgehead atoms. The van der Waals surface area contributed by atoms with Gasteiger partial charge in [-0.3, -0.25) is 19.5 Å². The van der Waals surface area contributed by atoms with E-state index in [9.17, 15) is 14.4 Å². The number of para-hydroxylation sites is 1. The summed E-state index contributed by atoms with van der Waals surface area (Å²) < 4.78 is 1.49. The number of fused-ring (bicyclic) bond motifs is 1. The van der Waals surface area contributed by atoms with Gasteiger partial charge < -0.3 is 5.32 Å². The van der Waals surface area contributed by atoms with E-state index >= 15 is 0 Å². The van der Waals surface area contributed by atoms with Crippen LogP contribution in [0.4, 0.5) is 4.79 Å². The van der Waals surface area contributed by atoms with E-state index in [-0.39, 0.29) is 5.56 Å². The Kier molecular flexibility index (Phi) is 5.38. The van der Waals surface area contributed by atoms with Gasteiger partial charge in [-0.05, 0) is 30.5 Å². The first-order chi connectivity index (χ1) is 12.5. The molecule has 0 saturated carbocycles. The third-order valence-corrected chi connectivity index (χ3v) is 5.46. The topological polar surface area (TPSA) is 93.1 Å². The number of amides is 3. The molecule has 0 aliphatic rings. The maximum atomic E-state index is 12.9. The van der Waals surface area contributed by atoms with Gasteiger partial charge in [-0.2, -0.15) is 0 Å². The van der Waals surface area contributed by atoms with Crippen molar-refractivity contribution in [1.82, 2.24) is 20.2 Å². The highest BCUT2D eigenvalue weighted by atomic mass is 32.2. The minimum atomic E-state index is -0.619. The number of nitrogens with zero attached hydrogens (tertiary/aromatic N) is 2. The Hall–Kier alpha value is -2.65. The number of imide groups is 1. The molecule has 0 spiro atoms. The van der Waals surface area contributed by atoms with E-state index in [1.165, 1.54) is 23.0 Å². The third-order valence-electron chi connectivity index (χ3n) is 3.60. The van der Waals surface area contributed by atoms with Gasteiger partial charge in [0.15, 0.2) is 5.16 Å². The summed E-state index contributed by atoms with van der Waals surface area (Å²) in [5, 5.41) is 6.69. The first kappa shape index (κ1) is 18.2. The zero-order valence-corrected chi connectivity index (χ0v) is 15.7. The molecule has 0 fully saturated rings. The third kappa shape index (κ3) is 3.63. The summed E-state index contributed by atoms with van der Waals surface area (Å²) in [6, 6.07) is 10.3. The maximum absolute atomic E-state index is 12.9. The smallest absolute Gasteiger partial charge is 0.321 e. The second-order valence-corrected chi connectivity index (χ2v) is 7.54. The molecule has 0 aliphatic heterocycles. The van der Waals surface area contributed by atoms with Crippen molar-refractivity contribution in [1.29, 1.82) is 0 Å². The molecule has 9 heteroatoms. The fourth-order valence-corrected chi connectivity index (χ4v) is 4.00. The van der Waals surface area contributed by atoms with Gasteiger partial charge >= 0.3 is 6.03 Å². The number of nitrogens with one attached hydrogen (secondary N) is 2. The zero-order valence-electron chi connectivity index (χ0n) is 14.1. The second kappa shape index (κ2) is 7.71. The number of benzene rings is 1. The molecule has 2 heterocycles. The number of hydrogen-bond acceptors (Lipinski definition) is 6. The monoisotopic (exact) mass is 388 g/mol. The summed E-state index contributed by atoms with van der Waals surface area (Å²) in [6.45, 7) is 1.66. The lowest BCUT2D eigenvalue weighted by molar-refractivity contribution is -0.119. The molecule has 26 heavy (non-hydrogen) atoms. The Morgan fingerprint density at radius 2 is 1.96 bits per heavy atom. The summed E-state index contributed by atoms with van der Waals surface area (Å²) in [4.78, 5) is 41.6. The van der Waals surface area contributed by atoms with Crippen molar-refractivity contribution >= 4 is 45.3 Å². The number of urea groups is 1. The first-order valence-corrected chi connectivity index (χ1v) is 9.52. The Morgan fingerprint density at radius 3 is 2.65 bits per heavy atom. The summed E-state index contributed by atoms with van der Waals surface area (Å²) in [5.74, 6) is -0.463.